The van der Waals surface area contributed by atoms with Gasteiger partial charge in [0.05, 0.1) is 11.0 Å². The lowest BCUT2D eigenvalue weighted by Gasteiger charge is -2.38. The van der Waals surface area contributed by atoms with Gasteiger partial charge in [-0.2, -0.15) is 0 Å². The molecule has 2 unspecified atom stereocenters. The number of carbonyl (C=O) groups excluding carboxylic acids is 1. The van der Waals surface area contributed by atoms with Gasteiger partial charge in [0, 0.05) is 32.6 Å². The molecule has 2 atom stereocenters. The summed E-state index contributed by atoms with van der Waals surface area (Å²) in [6.45, 7) is 9.60. The molecule has 0 bridgehead atoms. The SMILES string of the molecule is CCC(C)CC(=O)N1CCN(C(C)C(N)=S)CC1. The van der Waals surface area contributed by atoms with Gasteiger partial charge in [0.25, 0.3) is 0 Å². The van der Waals surface area contributed by atoms with Gasteiger partial charge in [-0.15, -0.1) is 0 Å². The molecule has 104 valence electrons. The average molecular weight is 271 g/mol. The van der Waals surface area contributed by atoms with E-state index in [0.29, 0.717) is 17.3 Å². The Morgan fingerprint density at radius 3 is 2.28 bits per heavy atom. The highest BCUT2D eigenvalue weighted by Crippen LogP contribution is 2.12. The summed E-state index contributed by atoms with van der Waals surface area (Å²) in [5.74, 6) is 0.762. The predicted molar refractivity (Wildman–Crippen MR) is 78.5 cm³/mol. The number of amides is 1. The first-order chi connectivity index (χ1) is 8.45. The van der Waals surface area contributed by atoms with Crippen molar-refractivity contribution in [1.29, 1.82) is 0 Å². The van der Waals surface area contributed by atoms with E-state index in [1.165, 1.54) is 0 Å². The zero-order valence-corrected chi connectivity index (χ0v) is 12.5. The number of hydrogen-bond donors (Lipinski definition) is 1. The molecular weight excluding hydrogens is 246 g/mol. The van der Waals surface area contributed by atoms with Crippen LogP contribution in [0.4, 0.5) is 0 Å². The molecule has 2 N–H and O–H groups in total. The molecule has 0 aliphatic carbocycles. The van der Waals surface area contributed by atoms with Crippen LogP contribution >= 0.6 is 12.2 Å². The number of thiocarbonyl (C=S) groups is 1. The Morgan fingerprint density at radius 1 is 1.28 bits per heavy atom. The van der Waals surface area contributed by atoms with Crippen molar-refractivity contribution in [2.75, 3.05) is 26.2 Å². The predicted octanol–water partition coefficient (Wildman–Crippen LogP) is 1.24. The summed E-state index contributed by atoms with van der Waals surface area (Å²) in [6.07, 6.45) is 1.73. The smallest absolute Gasteiger partial charge is 0.222 e. The molecule has 5 heteroatoms. The fourth-order valence-electron chi connectivity index (χ4n) is 2.11. The highest BCUT2D eigenvalue weighted by atomic mass is 32.1. The zero-order chi connectivity index (χ0) is 13.7. The van der Waals surface area contributed by atoms with Crippen LogP contribution in [0.15, 0.2) is 0 Å². The number of hydrogen-bond acceptors (Lipinski definition) is 3. The van der Waals surface area contributed by atoms with Gasteiger partial charge in [-0.05, 0) is 12.8 Å². The lowest BCUT2D eigenvalue weighted by molar-refractivity contribution is -0.134. The van der Waals surface area contributed by atoms with Crippen molar-refractivity contribution in [2.45, 2.75) is 39.7 Å². The lowest BCUT2D eigenvalue weighted by Crippen LogP contribution is -2.54. The van der Waals surface area contributed by atoms with Gasteiger partial charge in [-0.25, -0.2) is 0 Å². The average Bonchev–Trinajstić information content (AvgIpc) is 2.37. The van der Waals surface area contributed by atoms with Crippen LogP contribution < -0.4 is 5.73 Å². The summed E-state index contributed by atoms with van der Waals surface area (Å²) in [5.41, 5.74) is 5.65. The van der Waals surface area contributed by atoms with Gasteiger partial charge in [-0.1, -0.05) is 32.5 Å². The normalized spacial score (nSPS) is 20.5. The monoisotopic (exact) mass is 271 g/mol. The molecule has 0 aromatic carbocycles. The molecule has 1 aliphatic heterocycles. The van der Waals surface area contributed by atoms with Crippen LogP contribution in [0.25, 0.3) is 0 Å². The second-order valence-electron chi connectivity index (χ2n) is 5.21. The van der Waals surface area contributed by atoms with E-state index in [1.54, 1.807) is 0 Å². The lowest BCUT2D eigenvalue weighted by atomic mass is 10.0. The number of nitrogens with two attached hydrogens (primary N) is 1. The van der Waals surface area contributed by atoms with E-state index in [2.05, 4.69) is 18.7 Å². The zero-order valence-electron chi connectivity index (χ0n) is 11.7. The van der Waals surface area contributed by atoms with E-state index in [-0.39, 0.29) is 11.9 Å². The molecule has 0 aromatic heterocycles. The second kappa shape index (κ2) is 7.04. The molecule has 0 saturated carbocycles. The van der Waals surface area contributed by atoms with Gasteiger partial charge < -0.3 is 10.6 Å². The first-order valence-corrected chi connectivity index (χ1v) is 7.17. The van der Waals surface area contributed by atoms with Crippen LogP contribution in [0, 0.1) is 5.92 Å². The molecule has 0 spiro atoms. The molecule has 1 fully saturated rings. The Bertz CT molecular complexity index is 301. The summed E-state index contributed by atoms with van der Waals surface area (Å²) in [7, 11) is 0. The van der Waals surface area contributed by atoms with Crippen molar-refractivity contribution in [1.82, 2.24) is 9.80 Å². The molecule has 4 nitrogen and oxygen atoms in total. The molecule has 18 heavy (non-hydrogen) atoms. The minimum absolute atomic E-state index is 0.131. The van der Waals surface area contributed by atoms with Gasteiger partial charge in [0.2, 0.25) is 5.91 Å². The van der Waals surface area contributed by atoms with Crippen LogP contribution in [-0.2, 0) is 4.79 Å². The largest absolute Gasteiger partial charge is 0.392 e. The van der Waals surface area contributed by atoms with Gasteiger partial charge >= 0.3 is 0 Å². The first-order valence-electron chi connectivity index (χ1n) is 6.76. The number of nitrogens with zero attached hydrogens (tertiary/aromatic N) is 2. The number of piperazine rings is 1. The Labute approximate surface area is 115 Å². The summed E-state index contributed by atoms with van der Waals surface area (Å²) >= 11 is 5.01. The van der Waals surface area contributed by atoms with E-state index in [1.807, 2.05) is 11.8 Å². The second-order valence-corrected chi connectivity index (χ2v) is 5.68. The maximum absolute atomic E-state index is 12.0. The summed E-state index contributed by atoms with van der Waals surface area (Å²) in [5, 5.41) is 0. The summed E-state index contributed by atoms with van der Waals surface area (Å²) < 4.78 is 0. The van der Waals surface area contributed by atoms with Crippen LogP contribution in [0.3, 0.4) is 0 Å². The van der Waals surface area contributed by atoms with E-state index in [0.717, 1.165) is 32.6 Å². The molecular formula is C13H25N3OS. The Morgan fingerprint density at radius 2 is 1.83 bits per heavy atom. The van der Waals surface area contributed by atoms with Crippen molar-refractivity contribution in [2.24, 2.45) is 11.7 Å². The highest BCUT2D eigenvalue weighted by Gasteiger charge is 2.25. The molecule has 1 saturated heterocycles. The Balaban J connectivity index is 2.39. The highest BCUT2D eigenvalue weighted by molar-refractivity contribution is 7.80. The van der Waals surface area contributed by atoms with Gasteiger partial charge in [0.15, 0.2) is 0 Å². The van der Waals surface area contributed by atoms with Crippen molar-refractivity contribution in [3.63, 3.8) is 0 Å². The van der Waals surface area contributed by atoms with Gasteiger partial charge in [-0.3, -0.25) is 9.69 Å². The van der Waals surface area contributed by atoms with E-state index in [9.17, 15) is 4.79 Å². The van der Waals surface area contributed by atoms with E-state index >= 15 is 0 Å². The van der Waals surface area contributed by atoms with Crippen LogP contribution in [0.5, 0.6) is 0 Å². The number of rotatable bonds is 5. The van der Waals surface area contributed by atoms with Crippen molar-refractivity contribution in [3.05, 3.63) is 0 Å². The fraction of sp³-hybridized carbons (Fsp3) is 0.846. The van der Waals surface area contributed by atoms with Crippen molar-refractivity contribution < 1.29 is 4.79 Å². The van der Waals surface area contributed by atoms with E-state index < -0.39 is 0 Å². The van der Waals surface area contributed by atoms with Crippen molar-refractivity contribution in [3.8, 4) is 0 Å². The fourth-order valence-corrected chi connectivity index (χ4v) is 2.26. The minimum Gasteiger partial charge on any atom is -0.392 e. The quantitative estimate of drug-likeness (QED) is 0.764. The van der Waals surface area contributed by atoms with Crippen LogP contribution in [0.1, 0.15) is 33.6 Å². The maximum atomic E-state index is 12.0. The third-order valence-electron chi connectivity index (χ3n) is 3.85. The molecule has 0 aromatic rings. The molecule has 1 aliphatic rings. The summed E-state index contributed by atoms with van der Waals surface area (Å²) in [6, 6.07) is 0.131. The van der Waals surface area contributed by atoms with Crippen LogP contribution in [-0.4, -0.2) is 52.9 Å². The molecule has 0 radical (unpaired) electrons. The molecule has 1 heterocycles. The summed E-state index contributed by atoms with van der Waals surface area (Å²) in [4.78, 5) is 16.8. The maximum Gasteiger partial charge on any atom is 0.222 e. The standard InChI is InChI=1S/C13H25N3OS/c1-4-10(2)9-12(17)16-7-5-15(6-8-16)11(3)13(14)18/h10-11H,4-9H2,1-3H3,(H2,14,18). The number of carbonyl (C=O) groups is 1. The third-order valence-corrected chi connectivity index (χ3v) is 4.19. The first kappa shape index (κ1) is 15.4. The van der Waals surface area contributed by atoms with Crippen molar-refractivity contribution >= 4 is 23.1 Å². The third kappa shape index (κ3) is 4.21. The topological polar surface area (TPSA) is 49.6 Å². The minimum atomic E-state index is 0.131. The van der Waals surface area contributed by atoms with Gasteiger partial charge in [0.1, 0.15) is 0 Å². The Kier molecular flexibility index (Phi) is 6.02. The van der Waals surface area contributed by atoms with E-state index in [4.69, 9.17) is 18.0 Å². The Hall–Kier alpha value is -0.680. The van der Waals surface area contributed by atoms with Crippen LogP contribution in [0.2, 0.25) is 0 Å². The molecule has 1 rings (SSSR count). The molecule has 1 amide bonds.